The third-order valence-corrected chi connectivity index (χ3v) is 3.77. The molecule has 1 aliphatic rings. The van der Waals surface area contributed by atoms with Gasteiger partial charge in [-0.3, -0.25) is 0 Å². The minimum absolute atomic E-state index is 0.320. The monoisotopic (exact) mass is 234 g/mol. The molecule has 0 bridgehead atoms. The maximum atomic E-state index is 9.61. The van der Waals surface area contributed by atoms with Crippen LogP contribution in [0.5, 0.6) is 0 Å². The zero-order valence-electron chi connectivity index (χ0n) is 9.18. The van der Waals surface area contributed by atoms with Gasteiger partial charge in [-0.15, -0.1) is 11.8 Å². The standard InChI is InChI=1S/C12H14N2OS/c1-9-10(7-13)3-2-4-11(9)14-5-6-16-12(15)8-14/h2-4,12,15H,5-6,8H2,1H3. The topological polar surface area (TPSA) is 47.3 Å². The number of anilines is 1. The molecule has 0 aromatic heterocycles. The molecule has 1 atom stereocenters. The molecule has 0 saturated carbocycles. The summed E-state index contributed by atoms with van der Waals surface area (Å²) in [7, 11) is 0. The number of benzene rings is 1. The summed E-state index contributed by atoms with van der Waals surface area (Å²) in [5.74, 6) is 0.928. The van der Waals surface area contributed by atoms with Crippen LogP contribution in [0.1, 0.15) is 11.1 Å². The molecule has 1 heterocycles. The van der Waals surface area contributed by atoms with Crippen LogP contribution < -0.4 is 4.90 Å². The average Bonchev–Trinajstić information content (AvgIpc) is 2.29. The first-order valence-corrected chi connectivity index (χ1v) is 6.31. The average molecular weight is 234 g/mol. The number of nitriles is 1. The van der Waals surface area contributed by atoms with E-state index < -0.39 is 0 Å². The molecule has 1 aliphatic heterocycles. The van der Waals surface area contributed by atoms with E-state index in [0.717, 1.165) is 23.5 Å². The molecule has 1 aromatic carbocycles. The van der Waals surface area contributed by atoms with Gasteiger partial charge in [0.1, 0.15) is 5.44 Å². The molecule has 4 heteroatoms. The number of aliphatic hydroxyl groups is 1. The zero-order chi connectivity index (χ0) is 11.5. The molecule has 1 saturated heterocycles. The molecule has 84 valence electrons. The second-order valence-corrected chi connectivity index (χ2v) is 5.12. The number of nitrogens with zero attached hydrogens (tertiary/aromatic N) is 2. The van der Waals surface area contributed by atoms with E-state index in [1.165, 1.54) is 0 Å². The maximum Gasteiger partial charge on any atom is 0.117 e. The highest BCUT2D eigenvalue weighted by atomic mass is 32.2. The minimum atomic E-state index is -0.320. The second-order valence-electron chi connectivity index (χ2n) is 3.83. The van der Waals surface area contributed by atoms with Crippen molar-refractivity contribution in [1.29, 1.82) is 5.26 Å². The van der Waals surface area contributed by atoms with Gasteiger partial charge >= 0.3 is 0 Å². The van der Waals surface area contributed by atoms with Crippen LogP contribution in [0.3, 0.4) is 0 Å². The fourth-order valence-electron chi connectivity index (χ4n) is 1.94. The molecule has 0 radical (unpaired) electrons. The Hall–Kier alpha value is -1.18. The van der Waals surface area contributed by atoms with Gasteiger partial charge in [-0.25, -0.2) is 0 Å². The molecule has 2 rings (SSSR count). The highest BCUT2D eigenvalue weighted by Crippen LogP contribution is 2.27. The number of rotatable bonds is 1. The van der Waals surface area contributed by atoms with Crippen molar-refractivity contribution in [1.82, 2.24) is 0 Å². The predicted octanol–water partition coefficient (Wildman–Crippen LogP) is 1.74. The Kier molecular flexibility index (Phi) is 3.37. The largest absolute Gasteiger partial charge is 0.381 e. The van der Waals surface area contributed by atoms with Crippen molar-refractivity contribution in [3.05, 3.63) is 29.3 Å². The molecule has 0 spiro atoms. The summed E-state index contributed by atoms with van der Waals surface area (Å²) in [5, 5.41) is 18.6. The van der Waals surface area contributed by atoms with E-state index in [0.29, 0.717) is 12.1 Å². The zero-order valence-corrected chi connectivity index (χ0v) is 10.00. The molecule has 1 aromatic rings. The molecular weight excluding hydrogens is 220 g/mol. The van der Waals surface area contributed by atoms with Crippen molar-refractivity contribution in [2.45, 2.75) is 12.4 Å². The van der Waals surface area contributed by atoms with Crippen molar-refractivity contribution in [2.24, 2.45) is 0 Å². The summed E-state index contributed by atoms with van der Waals surface area (Å²) in [6, 6.07) is 7.93. The molecule has 1 fully saturated rings. The second kappa shape index (κ2) is 4.77. The van der Waals surface area contributed by atoms with E-state index in [4.69, 9.17) is 5.26 Å². The van der Waals surface area contributed by atoms with Gasteiger partial charge in [0.15, 0.2) is 0 Å². The normalized spacial score (nSPS) is 20.6. The van der Waals surface area contributed by atoms with E-state index in [-0.39, 0.29) is 5.44 Å². The third-order valence-electron chi connectivity index (χ3n) is 2.81. The quantitative estimate of drug-likeness (QED) is 0.804. The number of hydrogen-bond acceptors (Lipinski definition) is 4. The van der Waals surface area contributed by atoms with Crippen LogP contribution in [0.25, 0.3) is 0 Å². The van der Waals surface area contributed by atoms with Gasteiger partial charge in [0.05, 0.1) is 18.2 Å². The Balaban J connectivity index is 2.30. The van der Waals surface area contributed by atoms with Crippen LogP contribution in [-0.2, 0) is 0 Å². The van der Waals surface area contributed by atoms with Gasteiger partial charge in [-0.2, -0.15) is 5.26 Å². The number of β-amino-alcohol motifs (C(OH)–C–C–N with tert-alkyl or cyclic N) is 1. The SMILES string of the molecule is Cc1c(C#N)cccc1N1CCSC(O)C1. The molecule has 16 heavy (non-hydrogen) atoms. The summed E-state index contributed by atoms with van der Waals surface area (Å²) in [6.07, 6.45) is 0. The summed E-state index contributed by atoms with van der Waals surface area (Å²) < 4.78 is 0. The molecule has 0 amide bonds. The predicted molar refractivity (Wildman–Crippen MR) is 66.6 cm³/mol. The first-order valence-electron chi connectivity index (χ1n) is 5.26. The van der Waals surface area contributed by atoms with E-state index in [1.54, 1.807) is 11.8 Å². The molecule has 3 nitrogen and oxygen atoms in total. The van der Waals surface area contributed by atoms with Crippen molar-refractivity contribution in [2.75, 3.05) is 23.7 Å². The fourth-order valence-corrected chi connectivity index (χ4v) is 2.82. The van der Waals surface area contributed by atoms with Crippen LogP contribution in [0.2, 0.25) is 0 Å². The lowest BCUT2D eigenvalue weighted by atomic mass is 10.1. The van der Waals surface area contributed by atoms with Crippen molar-refractivity contribution < 1.29 is 5.11 Å². The van der Waals surface area contributed by atoms with Crippen LogP contribution in [-0.4, -0.2) is 29.4 Å². The Morgan fingerprint density at radius 3 is 3.06 bits per heavy atom. The van der Waals surface area contributed by atoms with Crippen molar-refractivity contribution in [3.8, 4) is 6.07 Å². The van der Waals surface area contributed by atoms with Crippen LogP contribution in [0, 0.1) is 18.3 Å². The number of thioether (sulfide) groups is 1. The van der Waals surface area contributed by atoms with Crippen LogP contribution in [0.4, 0.5) is 5.69 Å². The van der Waals surface area contributed by atoms with Gasteiger partial charge in [0, 0.05) is 18.0 Å². The van der Waals surface area contributed by atoms with Crippen molar-refractivity contribution >= 4 is 17.4 Å². The van der Waals surface area contributed by atoms with E-state index in [9.17, 15) is 5.11 Å². The summed E-state index contributed by atoms with van der Waals surface area (Å²) in [6.45, 7) is 3.53. The lowest BCUT2D eigenvalue weighted by Crippen LogP contribution is -2.38. The van der Waals surface area contributed by atoms with Gasteiger partial charge in [-0.1, -0.05) is 6.07 Å². The fraction of sp³-hybridized carbons (Fsp3) is 0.417. The lowest BCUT2D eigenvalue weighted by molar-refractivity contribution is 0.264. The lowest BCUT2D eigenvalue weighted by Gasteiger charge is -2.32. The number of hydrogen-bond donors (Lipinski definition) is 1. The van der Waals surface area contributed by atoms with Gasteiger partial charge in [0.2, 0.25) is 0 Å². The first-order chi connectivity index (χ1) is 7.72. The number of aliphatic hydroxyl groups excluding tert-OH is 1. The molecule has 1 N–H and O–H groups in total. The Morgan fingerprint density at radius 2 is 2.38 bits per heavy atom. The molecule has 0 aliphatic carbocycles. The van der Waals surface area contributed by atoms with Gasteiger partial charge in [-0.05, 0) is 24.6 Å². The summed E-state index contributed by atoms with van der Waals surface area (Å²) >= 11 is 1.58. The van der Waals surface area contributed by atoms with Gasteiger partial charge < -0.3 is 10.0 Å². The third kappa shape index (κ3) is 2.16. The van der Waals surface area contributed by atoms with Crippen LogP contribution >= 0.6 is 11.8 Å². The van der Waals surface area contributed by atoms with E-state index in [2.05, 4.69) is 11.0 Å². The van der Waals surface area contributed by atoms with E-state index >= 15 is 0 Å². The summed E-state index contributed by atoms with van der Waals surface area (Å²) in [5.41, 5.74) is 2.46. The van der Waals surface area contributed by atoms with E-state index in [1.807, 2.05) is 25.1 Å². The smallest absolute Gasteiger partial charge is 0.117 e. The highest BCUT2D eigenvalue weighted by molar-refractivity contribution is 7.99. The Bertz CT molecular complexity index is 428. The minimum Gasteiger partial charge on any atom is -0.381 e. The van der Waals surface area contributed by atoms with Crippen LogP contribution in [0.15, 0.2) is 18.2 Å². The Morgan fingerprint density at radius 1 is 1.56 bits per heavy atom. The van der Waals surface area contributed by atoms with Crippen molar-refractivity contribution in [3.63, 3.8) is 0 Å². The highest BCUT2D eigenvalue weighted by Gasteiger charge is 2.20. The van der Waals surface area contributed by atoms with Gasteiger partial charge in [0.25, 0.3) is 0 Å². The molecule has 1 unspecified atom stereocenters. The maximum absolute atomic E-state index is 9.61. The Labute approximate surface area is 99.7 Å². The first kappa shape index (κ1) is 11.3. The molecular formula is C12H14N2OS. The summed E-state index contributed by atoms with van der Waals surface area (Å²) in [4.78, 5) is 2.15.